The molecule has 0 saturated heterocycles. The molecule has 1 aliphatic carbocycles. The summed E-state index contributed by atoms with van der Waals surface area (Å²) < 4.78 is 22.3. The summed E-state index contributed by atoms with van der Waals surface area (Å²) in [5, 5.41) is 3.57. The van der Waals surface area contributed by atoms with Crippen molar-refractivity contribution in [1.82, 2.24) is 0 Å². The zero-order valence-corrected chi connectivity index (χ0v) is 20.7. The Balaban J connectivity index is 1.42. The molecular formula is C27H25NO7S. The quantitative estimate of drug-likeness (QED) is 0.332. The maximum absolute atomic E-state index is 13.2. The maximum Gasteiger partial charge on any atom is 0.341 e. The van der Waals surface area contributed by atoms with Gasteiger partial charge in [-0.2, -0.15) is 0 Å². The fourth-order valence-electron chi connectivity index (χ4n) is 4.38. The molecule has 1 aliphatic rings. The lowest BCUT2D eigenvalue weighted by molar-refractivity contribution is -0.118. The van der Waals surface area contributed by atoms with E-state index in [0.717, 1.165) is 29.7 Å². The maximum atomic E-state index is 13.2. The summed E-state index contributed by atoms with van der Waals surface area (Å²) in [6, 6.07) is 10.1. The molecule has 9 heteroatoms. The fourth-order valence-corrected chi connectivity index (χ4v) is 5.80. The van der Waals surface area contributed by atoms with Gasteiger partial charge in [0, 0.05) is 4.88 Å². The van der Waals surface area contributed by atoms with Gasteiger partial charge in [-0.25, -0.2) is 4.79 Å². The Morgan fingerprint density at radius 3 is 2.81 bits per heavy atom. The lowest BCUT2D eigenvalue weighted by atomic mass is 9.88. The highest BCUT2D eigenvalue weighted by Gasteiger charge is 2.29. The van der Waals surface area contributed by atoms with Gasteiger partial charge in [0.1, 0.15) is 10.6 Å². The van der Waals surface area contributed by atoms with Crippen molar-refractivity contribution >= 4 is 39.2 Å². The molecule has 186 valence electrons. The van der Waals surface area contributed by atoms with Gasteiger partial charge in [0.05, 0.1) is 23.8 Å². The number of furan rings is 1. The van der Waals surface area contributed by atoms with Crippen molar-refractivity contribution in [3.63, 3.8) is 0 Å². The summed E-state index contributed by atoms with van der Waals surface area (Å²) in [4.78, 5) is 39.9. The number of ether oxygens (including phenoxy) is 2. The van der Waals surface area contributed by atoms with E-state index in [-0.39, 0.29) is 18.1 Å². The van der Waals surface area contributed by atoms with Crippen molar-refractivity contribution in [3.05, 3.63) is 68.9 Å². The first kappa shape index (κ1) is 23.9. The average Bonchev–Trinajstić information content (AvgIpc) is 3.51. The molecule has 4 aromatic rings. The van der Waals surface area contributed by atoms with Crippen molar-refractivity contribution in [2.45, 2.75) is 33.1 Å². The lowest BCUT2D eigenvalue weighted by Crippen LogP contribution is -2.23. The molecule has 3 heterocycles. The van der Waals surface area contributed by atoms with Crippen LogP contribution < -0.4 is 15.5 Å². The molecule has 1 N–H and O–H groups in total. The van der Waals surface area contributed by atoms with Gasteiger partial charge in [-0.1, -0.05) is 19.1 Å². The van der Waals surface area contributed by atoms with Gasteiger partial charge < -0.3 is 23.6 Å². The van der Waals surface area contributed by atoms with E-state index in [1.54, 1.807) is 43.3 Å². The van der Waals surface area contributed by atoms with Crippen LogP contribution in [0.1, 0.15) is 41.1 Å². The molecule has 0 radical (unpaired) electrons. The number of carbonyl (C=O) groups excluding carboxylic acids is 2. The summed E-state index contributed by atoms with van der Waals surface area (Å²) in [7, 11) is 0. The first-order valence-corrected chi connectivity index (χ1v) is 12.6. The van der Waals surface area contributed by atoms with E-state index < -0.39 is 23.9 Å². The largest absolute Gasteiger partial charge is 0.476 e. The van der Waals surface area contributed by atoms with Crippen LogP contribution in [0.5, 0.6) is 5.75 Å². The van der Waals surface area contributed by atoms with Gasteiger partial charge in [0.25, 0.3) is 5.91 Å². The van der Waals surface area contributed by atoms with E-state index in [9.17, 15) is 14.4 Å². The third-order valence-electron chi connectivity index (χ3n) is 6.09. The highest BCUT2D eigenvalue weighted by atomic mass is 32.1. The number of rotatable bonds is 7. The molecule has 3 aromatic heterocycles. The molecule has 1 aromatic carbocycles. The third kappa shape index (κ3) is 4.54. The predicted octanol–water partition coefficient (Wildman–Crippen LogP) is 5.43. The van der Waals surface area contributed by atoms with Crippen molar-refractivity contribution in [1.29, 1.82) is 0 Å². The van der Waals surface area contributed by atoms with Gasteiger partial charge in [0.15, 0.2) is 12.4 Å². The summed E-state index contributed by atoms with van der Waals surface area (Å²) in [5.41, 5.74) is 1.33. The third-order valence-corrected chi connectivity index (χ3v) is 7.26. The second-order valence-corrected chi connectivity index (χ2v) is 9.78. The monoisotopic (exact) mass is 507 g/mol. The van der Waals surface area contributed by atoms with E-state index in [0.29, 0.717) is 33.2 Å². The smallest absolute Gasteiger partial charge is 0.341 e. The van der Waals surface area contributed by atoms with Crippen LogP contribution in [0.3, 0.4) is 0 Å². The molecule has 0 spiro atoms. The zero-order chi connectivity index (χ0) is 25.2. The Kier molecular flexibility index (Phi) is 6.65. The van der Waals surface area contributed by atoms with Gasteiger partial charge >= 0.3 is 5.97 Å². The number of hydrogen-bond donors (Lipinski definition) is 1. The van der Waals surface area contributed by atoms with Crippen molar-refractivity contribution < 1.29 is 27.9 Å². The molecule has 36 heavy (non-hydrogen) atoms. The van der Waals surface area contributed by atoms with Gasteiger partial charge in [-0.05, 0) is 61.9 Å². The highest BCUT2D eigenvalue weighted by Crippen LogP contribution is 2.40. The van der Waals surface area contributed by atoms with Gasteiger partial charge in [0.2, 0.25) is 16.9 Å². The molecule has 0 fully saturated rings. The molecule has 5 rings (SSSR count). The Morgan fingerprint density at radius 1 is 1.19 bits per heavy atom. The van der Waals surface area contributed by atoms with E-state index in [4.69, 9.17) is 18.3 Å². The summed E-state index contributed by atoms with van der Waals surface area (Å²) in [5.74, 6) is -0.169. The summed E-state index contributed by atoms with van der Waals surface area (Å²) in [6.07, 6.45) is 4.04. The minimum atomic E-state index is -0.509. The molecular weight excluding hydrogens is 482 g/mol. The molecule has 1 atom stereocenters. The SMILES string of the molecule is CCOC(=O)c1c(NC(=O)COc2c(-c3ccco3)oc3ccccc3c2=O)sc2c1CC[C@@H](C)C2. The summed E-state index contributed by atoms with van der Waals surface area (Å²) in [6.45, 7) is 3.70. The van der Waals surface area contributed by atoms with Crippen molar-refractivity contribution in [2.24, 2.45) is 5.92 Å². The minimum Gasteiger partial charge on any atom is -0.476 e. The lowest BCUT2D eigenvalue weighted by Gasteiger charge is -2.18. The first-order valence-electron chi connectivity index (χ1n) is 11.8. The molecule has 8 nitrogen and oxygen atoms in total. The van der Waals surface area contributed by atoms with E-state index in [1.807, 2.05) is 0 Å². The number of thiophene rings is 1. The normalized spacial score (nSPS) is 14.9. The Labute approximate surface area is 210 Å². The van der Waals surface area contributed by atoms with Crippen LogP contribution in [0.2, 0.25) is 0 Å². The number of fused-ring (bicyclic) bond motifs is 2. The molecule has 0 saturated carbocycles. The van der Waals surface area contributed by atoms with Crippen LogP contribution >= 0.6 is 11.3 Å². The minimum absolute atomic E-state index is 0.101. The van der Waals surface area contributed by atoms with Crippen LogP contribution in [0.4, 0.5) is 5.00 Å². The number of nitrogens with one attached hydrogen (secondary N) is 1. The summed E-state index contributed by atoms with van der Waals surface area (Å²) >= 11 is 1.39. The van der Waals surface area contributed by atoms with Crippen LogP contribution in [-0.2, 0) is 22.4 Å². The zero-order valence-electron chi connectivity index (χ0n) is 19.9. The number of para-hydroxylation sites is 1. The number of benzene rings is 1. The number of amides is 1. The Morgan fingerprint density at radius 2 is 2.03 bits per heavy atom. The first-order chi connectivity index (χ1) is 17.5. The standard InChI is InChI=1S/C27H25NO7S/c1-3-32-27(31)22-17-11-10-15(2)13-20(17)36-26(22)28-21(29)14-34-25-23(30)16-7-4-5-8-18(16)35-24(25)19-9-6-12-33-19/h4-9,12,15H,3,10-11,13-14H2,1-2H3,(H,28,29)/t15-/m1/s1. The van der Waals surface area contributed by atoms with Gasteiger partial charge in [-0.3, -0.25) is 9.59 Å². The van der Waals surface area contributed by atoms with Gasteiger partial charge in [-0.15, -0.1) is 11.3 Å². The van der Waals surface area contributed by atoms with E-state index in [2.05, 4.69) is 12.2 Å². The number of hydrogen-bond acceptors (Lipinski definition) is 8. The number of esters is 1. The van der Waals surface area contributed by atoms with Crippen LogP contribution in [-0.4, -0.2) is 25.1 Å². The molecule has 0 aliphatic heterocycles. The predicted molar refractivity (Wildman–Crippen MR) is 136 cm³/mol. The van der Waals surface area contributed by atoms with E-state index >= 15 is 0 Å². The Hall–Kier alpha value is -3.85. The molecule has 0 unspecified atom stereocenters. The van der Waals surface area contributed by atoms with E-state index in [1.165, 1.54) is 17.6 Å². The molecule has 1 amide bonds. The number of anilines is 1. The van der Waals surface area contributed by atoms with Crippen LogP contribution in [0, 0.1) is 5.92 Å². The van der Waals surface area contributed by atoms with Crippen LogP contribution in [0.25, 0.3) is 22.5 Å². The second kappa shape index (κ2) is 10.0. The Bertz CT molecular complexity index is 1480. The molecule has 0 bridgehead atoms. The fraction of sp³-hybridized carbons (Fsp3) is 0.296. The number of carbonyl (C=O) groups is 2. The van der Waals surface area contributed by atoms with Crippen molar-refractivity contribution in [3.8, 4) is 17.3 Å². The van der Waals surface area contributed by atoms with Crippen LogP contribution in [0.15, 0.2) is 56.3 Å². The second-order valence-electron chi connectivity index (χ2n) is 8.68. The topological polar surface area (TPSA) is 108 Å². The highest BCUT2D eigenvalue weighted by molar-refractivity contribution is 7.17. The average molecular weight is 508 g/mol. The van der Waals surface area contributed by atoms with Crippen molar-refractivity contribution in [2.75, 3.05) is 18.5 Å².